The number of carbonyl (C=O) groups is 2. The van der Waals surface area contributed by atoms with Crippen molar-refractivity contribution in [2.45, 2.75) is 54.4 Å². The Bertz CT molecular complexity index is 271. The highest BCUT2D eigenvalue weighted by Gasteiger charge is 2.30. The third-order valence-corrected chi connectivity index (χ3v) is 2.72. The number of ether oxygens (including phenoxy) is 2. The van der Waals surface area contributed by atoms with E-state index in [0.29, 0.717) is 25.6 Å². The Morgan fingerprint density at radius 3 is 1.40 bits per heavy atom. The molecule has 0 rings (SSSR count). The summed E-state index contributed by atoms with van der Waals surface area (Å²) in [6.45, 7) is 12.7. The van der Waals surface area contributed by atoms with Gasteiger partial charge in [0.05, 0.1) is 13.2 Å². The molecule has 0 heterocycles. The largest absolute Gasteiger partial charge is 0.465 e. The van der Waals surface area contributed by atoms with Gasteiger partial charge in [0, 0.05) is 0 Å². The zero-order valence-electron chi connectivity index (χ0n) is 13.8. The molecule has 0 unspecified atom stereocenters. The molecule has 20 heavy (non-hydrogen) atoms. The molecule has 0 aromatic rings. The first-order chi connectivity index (χ1) is 9.23. The summed E-state index contributed by atoms with van der Waals surface area (Å²) in [5.41, 5.74) is 0. The van der Waals surface area contributed by atoms with Crippen LogP contribution in [0.5, 0.6) is 0 Å². The molecule has 0 aliphatic carbocycles. The Kier molecular flexibility index (Phi) is 9.26. The van der Waals surface area contributed by atoms with E-state index in [0.717, 1.165) is 6.42 Å². The fraction of sp³-hybridized carbons (Fsp3) is 0.875. The smallest absolute Gasteiger partial charge is 0.320 e. The van der Waals surface area contributed by atoms with Crippen LogP contribution in [0.4, 0.5) is 0 Å². The number of hydrogen-bond acceptors (Lipinski definition) is 4. The van der Waals surface area contributed by atoms with Crippen molar-refractivity contribution in [3.63, 3.8) is 0 Å². The van der Waals surface area contributed by atoms with Gasteiger partial charge in [-0.25, -0.2) is 0 Å². The van der Waals surface area contributed by atoms with E-state index >= 15 is 0 Å². The van der Waals surface area contributed by atoms with Gasteiger partial charge in [0.15, 0.2) is 5.92 Å². The summed E-state index contributed by atoms with van der Waals surface area (Å²) in [7, 11) is 0. The second kappa shape index (κ2) is 9.78. The lowest BCUT2D eigenvalue weighted by molar-refractivity contribution is -0.163. The van der Waals surface area contributed by atoms with Crippen molar-refractivity contribution in [3.05, 3.63) is 0 Å². The minimum Gasteiger partial charge on any atom is -0.465 e. The van der Waals surface area contributed by atoms with Gasteiger partial charge in [-0.05, 0) is 30.6 Å². The highest BCUT2D eigenvalue weighted by molar-refractivity contribution is 5.94. The summed E-state index contributed by atoms with van der Waals surface area (Å²) in [5.74, 6) is -0.725. The first-order valence-electron chi connectivity index (χ1n) is 7.57. The first kappa shape index (κ1) is 18.9. The van der Waals surface area contributed by atoms with Crippen LogP contribution in [0.25, 0.3) is 0 Å². The summed E-state index contributed by atoms with van der Waals surface area (Å²) in [5, 5.41) is 0. The fourth-order valence-electron chi connectivity index (χ4n) is 1.53. The van der Waals surface area contributed by atoms with Gasteiger partial charge in [-0.3, -0.25) is 9.59 Å². The van der Waals surface area contributed by atoms with E-state index in [1.54, 1.807) is 0 Å². The molecule has 0 spiro atoms. The van der Waals surface area contributed by atoms with Crippen LogP contribution in [-0.2, 0) is 19.1 Å². The SMILES string of the molecule is CC(C)CCC(C(=O)OCC(C)C)C(=O)OCC(C)C. The molecule has 0 amide bonds. The summed E-state index contributed by atoms with van der Waals surface area (Å²) < 4.78 is 10.4. The maximum Gasteiger partial charge on any atom is 0.320 e. The van der Waals surface area contributed by atoms with Crippen molar-refractivity contribution >= 4 is 11.9 Å². The summed E-state index contributed by atoms with van der Waals surface area (Å²) in [4.78, 5) is 24.0. The van der Waals surface area contributed by atoms with Gasteiger partial charge in [0.25, 0.3) is 0 Å². The van der Waals surface area contributed by atoms with E-state index in [-0.39, 0.29) is 11.8 Å². The molecule has 0 radical (unpaired) electrons. The van der Waals surface area contributed by atoms with E-state index in [1.165, 1.54) is 0 Å². The second-order valence-electron chi connectivity index (χ2n) is 6.57. The zero-order valence-corrected chi connectivity index (χ0v) is 13.8. The van der Waals surface area contributed by atoms with Crippen molar-refractivity contribution in [2.75, 3.05) is 13.2 Å². The van der Waals surface area contributed by atoms with E-state index in [9.17, 15) is 9.59 Å². The van der Waals surface area contributed by atoms with Crippen LogP contribution in [0.2, 0.25) is 0 Å². The zero-order chi connectivity index (χ0) is 15.7. The molecular formula is C16H30O4. The van der Waals surface area contributed by atoms with Gasteiger partial charge < -0.3 is 9.47 Å². The van der Waals surface area contributed by atoms with E-state index in [2.05, 4.69) is 13.8 Å². The molecule has 4 nitrogen and oxygen atoms in total. The van der Waals surface area contributed by atoms with E-state index in [1.807, 2.05) is 27.7 Å². The summed E-state index contributed by atoms with van der Waals surface area (Å²) >= 11 is 0. The lowest BCUT2D eigenvalue weighted by Crippen LogP contribution is -2.30. The molecular weight excluding hydrogens is 256 g/mol. The average Bonchev–Trinajstić information content (AvgIpc) is 2.33. The van der Waals surface area contributed by atoms with Gasteiger partial charge in [0.1, 0.15) is 0 Å². The minimum atomic E-state index is -0.783. The molecule has 0 aliphatic heterocycles. The van der Waals surface area contributed by atoms with Gasteiger partial charge >= 0.3 is 11.9 Å². The van der Waals surface area contributed by atoms with E-state index < -0.39 is 17.9 Å². The molecule has 0 aromatic heterocycles. The van der Waals surface area contributed by atoms with Crippen molar-refractivity contribution in [1.29, 1.82) is 0 Å². The molecule has 118 valence electrons. The molecule has 0 bridgehead atoms. The standard InChI is InChI=1S/C16H30O4/c1-11(2)7-8-14(15(17)19-9-12(3)4)16(18)20-10-13(5)6/h11-14H,7-10H2,1-6H3. The predicted molar refractivity (Wildman–Crippen MR) is 79.2 cm³/mol. The molecule has 0 aromatic carbocycles. The van der Waals surface area contributed by atoms with E-state index in [4.69, 9.17) is 9.47 Å². The molecule has 0 aliphatic rings. The normalized spacial score (nSPS) is 11.5. The van der Waals surface area contributed by atoms with Gasteiger partial charge in [-0.1, -0.05) is 41.5 Å². The van der Waals surface area contributed by atoms with Crippen LogP contribution in [-0.4, -0.2) is 25.2 Å². The number of rotatable bonds is 9. The highest BCUT2D eigenvalue weighted by Crippen LogP contribution is 2.16. The molecule has 0 atom stereocenters. The fourth-order valence-corrected chi connectivity index (χ4v) is 1.53. The quantitative estimate of drug-likeness (QED) is 0.481. The number of carbonyl (C=O) groups excluding carboxylic acids is 2. The second-order valence-corrected chi connectivity index (χ2v) is 6.57. The predicted octanol–water partition coefficient (Wildman–Crippen LogP) is 3.44. The van der Waals surface area contributed by atoms with Crippen molar-refractivity contribution in [1.82, 2.24) is 0 Å². The molecule has 0 saturated heterocycles. The third-order valence-electron chi connectivity index (χ3n) is 2.72. The molecule has 0 N–H and O–H groups in total. The van der Waals surface area contributed by atoms with Crippen LogP contribution < -0.4 is 0 Å². The van der Waals surface area contributed by atoms with Crippen molar-refractivity contribution in [3.8, 4) is 0 Å². The molecule has 4 heteroatoms. The summed E-state index contributed by atoms with van der Waals surface area (Å²) in [6.07, 6.45) is 1.30. The van der Waals surface area contributed by atoms with Crippen LogP contribution in [0.3, 0.4) is 0 Å². The number of esters is 2. The minimum absolute atomic E-state index is 0.261. The monoisotopic (exact) mass is 286 g/mol. The Hall–Kier alpha value is -1.06. The maximum absolute atomic E-state index is 12.0. The number of hydrogen-bond donors (Lipinski definition) is 0. The molecule has 0 fully saturated rings. The van der Waals surface area contributed by atoms with Crippen LogP contribution in [0.1, 0.15) is 54.4 Å². The first-order valence-corrected chi connectivity index (χ1v) is 7.57. The van der Waals surface area contributed by atoms with Gasteiger partial charge in [-0.15, -0.1) is 0 Å². The van der Waals surface area contributed by atoms with Crippen molar-refractivity contribution < 1.29 is 19.1 Å². The topological polar surface area (TPSA) is 52.6 Å². The summed E-state index contributed by atoms with van der Waals surface area (Å²) in [6, 6.07) is 0. The van der Waals surface area contributed by atoms with Crippen LogP contribution in [0.15, 0.2) is 0 Å². The van der Waals surface area contributed by atoms with Crippen molar-refractivity contribution in [2.24, 2.45) is 23.7 Å². The lowest BCUT2D eigenvalue weighted by atomic mass is 9.98. The Labute approximate surface area is 123 Å². The average molecular weight is 286 g/mol. The lowest BCUT2D eigenvalue weighted by Gasteiger charge is -2.17. The Balaban J connectivity index is 4.53. The van der Waals surface area contributed by atoms with Crippen LogP contribution in [0, 0.1) is 23.7 Å². The van der Waals surface area contributed by atoms with Crippen LogP contribution >= 0.6 is 0 Å². The highest BCUT2D eigenvalue weighted by atomic mass is 16.6. The Morgan fingerprint density at radius 2 is 1.10 bits per heavy atom. The Morgan fingerprint density at radius 1 is 0.700 bits per heavy atom. The maximum atomic E-state index is 12.0. The third kappa shape index (κ3) is 8.94. The van der Waals surface area contributed by atoms with Gasteiger partial charge in [0.2, 0.25) is 0 Å². The molecule has 0 saturated carbocycles. The van der Waals surface area contributed by atoms with Gasteiger partial charge in [-0.2, -0.15) is 0 Å².